The Labute approximate surface area is 114 Å². The molecule has 0 aliphatic carbocycles. The van der Waals surface area contributed by atoms with Gasteiger partial charge in [-0.05, 0) is 43.6 Å². The van der Waals surface area contributed by atoms with Crippen LogP contribution in [0.3, 0.4) is 0 Å². The molecule has 1 aromatic rings. The molecule has 1 saturated heterocycles. The molecule has 1 aliphatic heterocycles. The van der Waals surface area contributed by atoms with Crippen LogP contribution in [0.25, 0.3) is 0 Å². The highest BCUT2D eigenvalue weighted by Gasteiger charge is 2.23. The van der Waals surface area contributed by atoms with Crippen molar-refractivity contribution < 1.29 is 4.43 Å². The van der Waals surface area contributed by atoms with E-state index < -0.39 is 8.32 Å². The third-order valence-electron chi connectivity index (χ3n) is 2.42. The summed E-state index contributed by atoms with van der Waals surface area (Å²) < 4.78 is 6.76. The van der Waals surface area contributed by atoms with E-state index in [0.717, 1.165) is 5.75 Å². The highest BCUT2D eigenvalue weighted by atomic mass is 32.2. The first-order valence-electron chi connectivity index (χ1n) is 6.07. The maximum atomic E-state index is 6.20. The third kappa shape index (κ3) is 3.97. The molecule has 0 atom stereocenters. The molecule has 0 spiro atoms. The van der Waals surface area contributed by atoms with Gasteiger partial charge in [0.2, 0.25) is 8.32 Å². The highest BCUT2D eigenvalue weighted by molar-refractivity contribution is 8.16. The lowest BCUT2D eigenvalue weighted by atomic mass is 10.2. The standard InChI is InChI=1S/C13H20OS2Si/c1-17(2,3)14-12-8-5-4-7-11(12)13-15-9-6-10-16-13/h4-5,7-8,13H,6,9-10H2,1-3H3. The Morgan fingerprint density at radius 2 is 1.76 bits per heavy atom. The van der Waals surface area contributed by atoms with Crippen molar-refractivity contribution in [3.05, 3.63) is 29.8 Å². The van der Waals surface area contributed by atoms with Crippen molar-refractivity contribution in [2.75, 3.05) is 11.5 Å². The maximum Gasteiger partial charge on any atom is 0.242 e. The number of hydrogen-bond acceptors (Lipinski definition) is 3. The molecule has 17 heavy (non-hydrogen) atoms. The van der Waals surface area contributed by atoms with Crippen LogP contribution in [-0.4, -0.2) is 19.8 Å². The number of benzene rings is 1. The monoisotopic (exact) mass is 284 g/mol. The van der Waals surface area contributed by atoms with Crippen LogP contribution in [0, 0.1) is 0 Å². The molecule has 1 aromatic carbocycles. The smallest absolute Gasteiger partial charge is 0.242 e. The molecule has 0 N–H and O–H groups in total. The summed E-state index contributed by atoms with van der Waals surface area (Å²) in [5.41, 5.74) is 1.38. The Bertz CT molecular complexity index is 370. The molecule has 0 radical (unpaired) electrons. The van der Waals surface area contributed by atoms with Crippen molar-refractivity contribution in [1.29, 1.82) is 0 Å². The summed E-state index contributed by atoms with van der Waals surface area (Å²) in [6, 6.07) is 8.56. The summed E-state index contributed by atoms with van der Waals surface area (Å²) in [5.74, 6) is 3.66. The molecule has 0 unspecified atom stereocenters. The van der Waals surface area contributed by atoms with Gasteiger partial charge in [0, 0.05) is 5.56 Å². The van der Waals surface area contributed by atoms with Gasteiger partial charge in [0.1, 0.15) is 5.75 Å². The highest BCUT2D eigenvalue weighted by Crippen LogP contribution is 2.46. The number of para-hydroxylation sites is 1. The zero-order chi connectivity index (χ0) is 12.3. The summed E-state index contributed by atoms with van der Waals surface area (Å²) in [6.45, 7) is 6.72. The second-order valence-corrected chi connectivity index (χ2v) is 12.3. The third-order valence-corrected chi connectivity index (χ3v) is 6.23. The van der Waals surface area contributed by atoms with Gasteiger partial charge in [-0.15, -0.1) is 23.5 Å². The molecule has 1 nitrogen and oxygen atoms in total. The lowest BCUT2D eigenvalue weighted by Gasteiger charge is -2.26. The zero-order valence-electron chi connectivity index (χ0n) is 10.7. The van der Waals surface area contributed by atoms with Gasteiger partial charge in [-0.25, -0.2) is 0 Å². The van der Waals surface area contributed by atoms with Gasteiger partial charge in [-0.1, -0.05) is 18.2 Å². The van der Waals surface area contributed by atoms with Crippen molar-refractivity contribution in [1.82, 2.24) is 0 Å². The van der Waals surface area contributed by atoms with Crippen LogP contribution in [0.15, 0.2) is 24.3 Å². The largest absolute Gasteiger partial charge is 0.544 e. The summed E-state index contributed by atoms with van der Waals surface area (Å²) >= 11 is 4.11. The summed E-state index contributed by atoms with van der Waals surface area (Å²) in [4.78, 5) is 0. The van der Waals surface area contributed by atoms with Crippen molar-refractivity contribution in [3.63, 3.8) is 0 Å². The lowest BCUT2D eigenvalue weighted by Crippen LogP contribution is -2.29. The van der Waals surface area contributed by atoms with Crippen LogP contribution in [0.5, 0.6) is 5.75 Å². The van der Waals surface area contributed by atoms with E-state index in [0.29, 0.717) is 4.58 Å². The topological polar surface area (TPSA) is 9.23 Å². The van der Waals surface area contributed by atoms with Crippen molar-refractivity contribution in [2.24, 2.45) is 0 Å². The van der Waals surface area contributed by atoms with Gasteiger partial charge in [-0.3, -0.25) is 0 Å². The fourth-order valence-electron chi connectivity index (χ4n) is 1.77. The molecule has 1 aliphatic rings. The van der Waals surface area contributed by atoms with Gasteiger partial charge < -0.3 is 4.43 Å². The van der Waals surface area contributed by atoms with Gasteiger partial charge in [0.05, 0.1) is 4.58 Å². The second kappa shape index (κ2) is 5.72. The maximum absolute atomic E-state index is 6.20. The van der Waals surface area contributed by atoms with E-state index in [9.17, 15) is 0 Å². The predicted octanol–water partition coefficient (Wildman–Crippen LogP) is 4.77. The molecule has 0 aromatic heterocycles. The summed E-state index contributed by atoms with van der Waals surface area (Å²) in [7, 11) is -1.51. The molecule has 1 fully saturated rings. The van der Waals surface area contributed by atoms with E-state index in [1.807, 2.05) is 0 Å². The Kier molecular flexibility index (Phi) is 4.50. The first-order valence-corrected chi connectivity index (χ1v) is 11.6. The van der Waals surface area contributed by atoms with E-state index in [1.54, 1.807) is 0 Å². The second-order valence-electron chi connectivity index (χ2n) is 5.18. The quantitative estimate of drug-likeness (QED) is 0.740. The van der Waals surface area contributed by atoms with E-state index in [4.69, 9.17) is 4.43 Å². The lowest BCUT2D eigenvalue weighted by molar-refractivity contribution is 0.552. The van der Waals surface area contributed by atoms with E-state index in [1.165, 1.54) is 23.5 Å². The van der Waals surface area contributed by atoms with Crippen molar-refractivity contribution in [3.8, 4) is 5.75 Å². The molecule has 0 saturated carbocycles. The van der Waals surface area contributed by atoms with Crippen LogP contribution < -0.4 is 4.43 Å². The van der Waals surface area contributed by atoms with E-state index >= 15 is 0 Å². The predicted molar refractivity (Wildman–Crippen MR) is 82.7 cm³/mol. The van der Waals surface area contributed by atoms with Gasteiger partial charge in [0.15, 0.2) is 0 Å². The summed E-state index contributed by atoms with van der Waals surface area (Å²) in [6.07, 6.45) is 1.34. The van der Waals surface area contributed by atoms with Crippen LogP contribution in [0.4, 0.5) is 0 Å². The minimum atomic E-state index is -1.51. The van der Waals surface area contributed by atoms with Gasteiger partial charge >= 0.3 is 0 Å². The zero-order valence-corrected chi connectivity index (χ0v) is 13.4. The Balaban J connectivity index is 2.20. The number of thioether (sulfide) groups is 2. The molecule has 4 heteroatoms. The van der Waals surface area contributed by atoms with Gasteiger partial charge in [-0.2, -0.15) is 0 Å². The fourth-order valence-corrected chi connectivity index (χ4v) is 5.55. The number of rotatable bonds is 3. The van der Waals surface area contributed by atoms with Crippen LogP contribution in [0.1, 0.15) is 16.6 Å². The van der Waals surface area contributed by atoms with Crippen LogP contribution in [-0.2, 0) is 0 Å². The molecule has 2 rings (SSSR count). The first kappa shape index (κ1) is 13.4. The Morgan fingerprint density at radius 3 is 2.41 bits per heavy atom. The minimum Gasteiger partial charge on any atom is -0.544 e. The molecular formula is C13H20OS2Si. The van der Waals surface area contributed by atoms with E-state index in [-0.39, 0.29) is 0 Å². The molecule has 1 heterocycles. The molecular weight excluding hydrogens is 264 g/mol. The summed E-state index contributed by atoms with van der Waals surface area (Å²) in [5, 5.41) is 0. The average Bonchev–Trinajstić information content (AvgIpc) is 2.29. The average molecular weight is 285 g/mol. The SMILES string of the molecule is C[Si](C)(C)Oc1ccccc1C1SCCCS1. The van der Waals surface area contributed by atoms with Gasteiger partial charge in [0.25, 0.3) is 0 Å². The fraction of sp³-hybridized carbons (Fsp3) is 0.538. The normalized spacial score (nSPS) is 18.1. The molecule has 0 amide bonds. The molecule has 94 valence electrons. The Hall–Kier alpha value is -0.0631. The van der Waals surface area contributed by atoms with Crippen LogP contribution >= 0.6 is 23.5 Å². The van der Waals surface area contributed by atoms with Crippen molar-refractivity contribution >= 4 is 31.8 Å². The van der Waals surface area contributed by atoms with Crippen LogP contribution in [0.2, 0.25) is 19.6 Å². The van der Waals surface area contributed by atoms with E-state index in [2.05, 4.69) is 67.4 Å². The Morgan fingerprint density at radius 1 is 1.12 bits per heavy atom. The minimum absolute atomic E-state index is 0.566. The molecule has 0 bridgehead atoms. The number of hydrogen-bond donors (Lipinski definition) is 0. The van der Waals surface area contributed by atoms with Crippen molar-refractivity contribution in [2.45, 2.75) is 30.6 Å². The first-order chi connectivity index (χ1) is 8.06.